The highest BCUT2D eigenvalue weighted by Crippen LogP contribution is 2.14. The predicted molar refractivity (Wildman–Crippen MR) is 95.4 cm³/mol. The van der Waals surface area contributed by atoms with E-state index in [1.165, 1.54) is 6.21 Å². The first-order valence-corrected chi connectivity index (χ1v) is 7.60. The summed E-state index contributed by atoms with van der Waals surface area (Å²) in [6.45, 7) is 1.79. The lowest BCUT2D eigenvalue weighted by Gasteiger charge is -2.07. The van der Waals surface area contributed by atoms with Gasteiger partial charge in [0.1, 0.15) is 6.54 Å². The molecule has 6 nitrogen and oxygen atoms in total. The molecule has 0 fully saturated rings. The molecule has 3 amide bonds. The van der Waals surface area contributed by atoms with Crippen molar-refractivity contribution in [3.8, 4) is 0 Å². The van der Waals surface area contributed by atoms with Crippen molar-refractivity contribution in [3.63, 3.8) is 0 Å². The van der Waals surface area contributed by atoms with E-state index in [0.717, 1.165) is 11.1 Å². The fourth-order valence-electron chi connectivity index (χ4n) is 1.77. The Bertz CT molecular complexity index is 745. The standard InChI is InChI=1S/C17H17ClN4O2/c1-12-5-7-13(8-6-12)10-20-22-16(23)11-19-17(24)21-15-4-2-3-14(18)9-15/h2-10H,11H2,1H3,(H,22,23)(H2,19,21,24)/b20-10-. The number of carbonyl (C=O) groups is 2. The van der Waals surface area contributed by atoms with Gasteiger partial charge in [0, 0.05) is 10.7 Å². The van der Waals surface area contributed by atoms with E-state index >= 15 is 0 Å². The fraction of sp³-hybridized carbons (Fsp3) is 0.118. The van der Waals surface area contributed by atoms with Gasteiger partial charge < -0.3 is 10.6 Å². The molecule has 0 radical (unpaired) electrons. The van der Waals surface area contributed by atoms with Crippen LogP contribution >= 0.6 is 11.6 Å². The molecule has 0 spiro atoms. The van der Waals surface area contributed by atoms with Gasteiger partial charge in [0.05, 0.1) is 6.21 Å². The second kappa shape index (κ2) is 8.69. The van der Waals surface area contributed by atoms with E-state index in [4.69, 9.17) is 11.6 Å². The topological polar surface area (TPSA) is 82.6 Å². The molecule has 124 valence electrons. The molecule has 0 aliphatic heterocycles. The fourth-order valence-corrected chi connectivity index (χ4v) is 1.96. The van der Waals surface area contributed by atoms with Gasteiger partial charge in [0.15, 0.2) is 0 Å². The Labute approximate surface area is 144 Å². The number of aryl methyl sites for hydroxylation is 1. The number of hydrazone groups is 1. The minimum atomic E-state index is -0.505. The molecule has 2 rings (SSSR count). The van der Waals surface area contributed by atoms with Gasteiger partial charge in [-0.3, -0.25) is 4.79 Å². The zero-order valence-corrected chi connectivity index (χ0v) is 13.8. The van der Waals surface area contributed by atoms with Crippen molar-refractivity contribution in [1.29, 1.82) is 0 Å². The first kappa shape index (κ1) is 17.5. The van der Waals surface area contributed by atoms with Crippen molar-refractivity contribution < 1.29 is 9.59 Å². The normalized spacial score (nSPS) is 10.4. The van der Waals surface area contributed by atoms with Crippen molar-refractivity contribution in [1.82, 2.24) is 10.7 Å². The molecule has 24 heavy (non-hydrogen) atoms. The Balaban J connectivity index is 1.72. The van der Waals surface area contributed by atoms with Crippen molar-refractivity contribution in [2.75, 3.05) is 11.9 Å². The van der Waals surface area contributed by atoms with E-state index in [1.54, 1.807) is 24.3 Å². The largest absolute Gasteiger partial charge is 0.329 e. The average molecular weight is 345 g/mol. The van der Waals surface area contributed by atoms with Crippen LogP contribution in [0.4, 0.5) is 10.5 Å². The lowest BCUT2D eigenvalue weighted by molar-refractivity contribution is -0.120. The Morgan fingerprint density at radius 1 is 1.17 bits per heavy atom. The highest BCUT2D eigenvalue weighted by Gasteiger charge is 2.05. The molecule has 3 N–H and O–H groups in total. The Morgan fingerprint density at radius 3 is 2.62 bits per heavy atom. The molecular formula is C17H17ClN4O2. The molecule has 7 heteroatoms. The summed E-state index contributed by atoms with van der Waals surface area (Å²) in [5.41, 5.74) is 4.89. The molecule has 0 heterocycles. The summed E-state index contributed by atoms with van der Waals surface area (Å²) in [7, 11) is 0. The minimum Gasteiger partial charge on any atom is -0.329 e. The zero-order valence-electron chi connectivity index (χ0n) is 13.0. The second-order valence-corrected chi connectivity index (χ2v) is 5.46. The third-order valence-corrected chi connectivity index (χ3v) is 3.21. The molecule has 0 unspecified atom stereocenters. The molecule has 0 saturated carbocycles. The SMILES string of the molecule is Cc1ccc(/C=N\NC(=O)CNC(=O)Nc2cccc(Cl)c2)cc1. The van der Waals surface area contributed by atoms with Gasteiger partial charge in [0.25, 0.3) is 5.91 Å². The van der Waals surface area contributed by atoms with Crippen molar-refractivity contribution in [2.45, 2.75) is 6.92 Å². The third-order valence-electron chi connectivity index (χ3n) is 2.97. The zero-order chi connectivity index (χ0) is 17.4. The second-order valence-electron chi connectivity index (χ2n) is 5.02. The molecule has 0 aromatic heterocycles. The number of amides is 3. The Kier molecular flexibility index (Phi) is 6.33. The number of anilines is 1. The van der Waals surface area contributed by atoms with Crippen LogP contribution in [0.2, 0.25) is 5.02 Å². The number of benzene rings is 2. The van der Waals surface area contributed by atoms with Crippen LogP contribution in [0.25, 0.3) is 0 Å². The maximum absolute atomic E-state index is 11.7. The number of carbonyl (C=O) groups excluding carboxylic acids is 2. The Morgan fingerprint density at radius 2 is 1.92 bits per heavy atom. The van der Waals surface area contributed by atoms with Crippen LogP contribution < -0.4 is 16.1 Å². The van der Waals surface area contributed by atoms with Gasteiger partial charge >= 0.3 is 6.03 Å². The van der Waals surface area contributed by atoms with E-state index in [9.17, 15) is 9.59 Å². The number of halogens is 1. The number of urea groups is 1. The molecule has 0 atom stereocenters. The number of nitrogens with one attached hydrogen (secondary N) is 3. The third kappa shape index (κ3) is 6.10. The van der Waals surface area contributed by atoms with Gasteiger partial charge in [-0.2, -0.15) is 5.10 Å². The number of rotatable bonds is 5. The van der Waals surface area contributed by atoms with Crippen LogP contribution in [0.5, 0.6) is 0 Å². The maximum atomic E-state index is 11.7. The average Bonchev–Trinajstić information content (AvgIpc) is 2.55. The van der Waals surface area contributed by atoms with E-state index in [0.29, 0.717) is 10.7 Å². The summed E-state index contributed by atoms with van der Waals surface area (Å²) in [5.74, 6) is -0.431. The molecule has 0 aliphatic rings. The summed E-state index contributed by atoms with van der Waals surface area (Å²) in [6, 6.07) is 13.9. The number of hydrogen-bond donors (Lipinski definition) is 3. The highest BCUT2D eigenvalue weighted by atomic mass is 35.5. The van der Waals surface area contributed by atoms with Crippen molar-refractivity contribution in [2.24, 2.45) is 5.10 Å². The molecule has 2 aromatic carbocycles. The Hall–Kier alpha value is -2.86. The molecule has 0 saturated heterocycles. The van der Waals surface area contributed by atoms with Gasteiger partial charge in [0.2, 0.25) is 0 Å². The van der Waals surface area contributed by atoms with E-state index in [1.807, 2.05) is 31.2 Å². The minimum absolute atomic E-state index is 0.197. The van der Waals surface area contributed by atoms with Crippen LogP contribution in [0.3, 0.4) is 0 Å². The van der Waals surface area contributed by atoms with Crippen LogP contribution in [-0.4, -0.2) is 24.7 Å². The molecule has 2 aromatic rings. The number of hydrogen-bond acceptors (Lipinski definition) is 3. The van der Waals surface area contributed by atoms with Crippen LogP contribution in [0, 0.1) is 6.92 Å². The summed E-state index contributed by atoms with van der Waals surface area (Å²) in [4.78, 5) is 23.3. The van der Waals surface area contributed by atoms with E-state index < -0.39 is 11.9 Å². The van der Waals surface area contributed by atoms with E-state index in [2.05, 4.69) is 21.2 Å². The van der Waals surface area contributed by atoms with E-state index in [-0.39, 0.29) is 6.54 Å². The summed E-state index contributed by atoms with van der Waals surface area (Å²) >= 11 is 5.82. The summed E-state index contributed by atoms with van der Waals surface area (Å²) < 4.78 is 0. The monoisotopic (exact) mass is 344 g/mol. The van der Waals surface area contributed by atoms with Crippen molar-refractivity contribution >= 4 is 35.4 Å². The first-order valence-electron chi connectivity index (χ1n) is 7.22. The summed E-state index contributed by atoms with van der Waals surface area (Å²) in [6.07, 6.45) is 1.53. The van der Waals surface area contributed by atoms with Crippen LogP contribution in [0.15, 0.2) is 53.6 Å². The van der Waals surface area contributed by atoms with Gasteiger partial charge in [-0.1, -0.05) is 47.5 Å². The molecule has 0 bridgehead atoms. The summed E-state index contributed by atoms with van der Waals surface area (Å²) in [5, 5.41) is 9.34. The lowest BCUT2D eigenvalue weighted by Crippen LogP contribution is -2.37. The van der Waals surface area contributed by atoms with Crippen molar-refractivity contribution in [3.05, 3.63) is 64.7 Å². The smallest absolute Gasteiger partial charge is 0.319 e. The van der Waals surface area contributed by atoms with Gasteiger partial charge in [-0.15, -0.1) is 0 Å². The molecular weight excluding hydrogens is 328 g/mol. The molecule has 0 aliphatic carbocycles. The van der Waals surface area contributed by atoms with Gasteiger partial charge in [-0.05, 0) is 30.7 Å². The predicted octanol–water partition coefficient (Wildman–Crippen LogP) is 2.92. The van der Waals surface area contributed by atoms with Crippen LogP contribution in [0.1, 0.15) is 11.1 Å². The highest BCUT2D eigenvalue weighted by molar-refractivity contribution is 6.30. The number of nitrogens with zero attached hydrogens (tertiary/aromatic N) is 1. The maximum Gasteiger partial charge on any atom is 0.319 e. The van der Waals surface area contributed by atoms with Gasteiger partial charge in [-0.25, -0.2) is 10.2 Å². The van der Waals surface area contributed by atoms with Crippen LogP contribution in [-0.2, 0) is 4.79 Å². The first-order chi connectivity index (χ1) is 11.5. The quantitative estimate of drug-likeness (QED) is 0.575. The lowest BCUT2D eigenvalue weighted by atomic mass is 10.2.